The first kappa shape index (κ1) is 50.5. The first-order chi connectivity index (χ1) is 33.0. The lowest BCUT2D eigenvalue weighted by Gasteiger charge is -2.39. The Bertz CT molecular complexity index is 2900. The van der Waals surface area contributed by atoms with Crippen LogP contribution in [-0.4, -0.2) is 131 Å². The fourth-order valence-electron chi connectivity index (χ4n) is 9.49. The number of thiophene rings is 1. The summed E-state index contributed by atoms with van der Waals surface area (Å²) < 4.78 is 42.5. The van der Waals surface area contributed by atoms with E-state index in [-0.39, 0.29) is 53.4 Å². The van der Waals surface area contributed by atoms with Crippen molar-refractivity contribution < 1.29 is 33.0 Å². The Kier molecular flexibility index (Phi) is 15.0. The van der Waals surface area contributed by atoms with Crippen molar-refractivity contribution in [1.29, 1.82) is 0 Å². The summed E-state index contributed by atoms with van der Waals surface area (Å²) in [7, 11) is 0. The zero-order chi connectivity index (χ0) is 48.7. The van der Waals surface area contributed by atoms with Crippen LogP contribution in [0.4, 0.5) is 13.2 Å². The Balaban J connectivity index is 0.00000659. The molecule has 0 saturated carbocycles. The van der Waals surface area contributed by atoms with E-state index in [0.717, 1.165) is 90.4 Å². The number of piperazine rings is 1. The molecule has 21 heteroatoms. The van der Waals surface area contributed by atoms with Gasteiger partial charge in [-0.1, -0.05) is 42.8 Å². The van der Waals surface area contributed by atoms with Crippen molar-refractivity contribution in [3.8, 4) is 33.6 Å². The molecule has 3 aliphatic rings. The molecule has 370 valence electrons. The molecule has 0 bridgehead atoms. The molecule has 2 saturated heterocycles. The van der Waals surface area contributed by atoms with E-state index in [9.17, 15) is 33.0 Å². The van der Waals surface area contributed by atoms with Crippen molar-refractivity contribution in [3.63, 3.8) is 0 Å². The number of aryl methyl sites for hydroxylation is 3. The van der Waals surface area contributed by atoms with Crippen molar-refractivity contribution in [2.75, 3.05) is 52.4 Å². The van der Waals surface area contributed by atoms with Gasteiger partial charge in [-0.3, -0.25) is 28.6 Å². The van der Waals surface area contributed by atoms with Crippen molar-refractivity contribution in [2.24, 2.45) is 10.9 Å². The summed E-state index contributed by atoms with van der Waals surface area (Å²) in [5.74, 6) is 0.0425. The number of alkyl halides is 3. The van der Waals surface area contributed by atoms with Crippen molar-refractivity contribution in [3.05, 3.63) is 116 Å². The topological polar surface area (TPSA) is 170 Å². The second kappa shape index (κ2) is 20.8. The van der Waals surface area contributed by atoms with Crippen LogP contribution >= 0.6 is 35.3 Å². The summed E-state index contributed by atoms with van der Waals surface area (Å²) in [5, 5.41) is 41.7. The molecule has 6 aromatic rings. The highest BCUT2D eigenvalue weighted by Crippen LogP contribution is 2.40. The summed E-state index contributed by atoms with van der Waals surface area (Å²) in [6.07, 6.45) is -2.20. The normalized spacial score (nSPS) is 16.8. The van der Waals surface area contributed by atoms with E-state index in [1.54, 1.807) is 23.5 Å². The first-order valence-corrected chi connectivity index (χ1v) is 24.3. The number of nitrogens with zero attached hydrogens (tertiary/aromatic N) is 10. The van der Waals surface area contributed by atoms with Crippen LogP contribution in [0.15, 0.2) is 65.7 Å². The Hall–Kier alpha value is -5.86. The van der Waals surface area contributed by atoms with E-state index in [1.807, 2.05) is 60.5 Å². The number of carbonyl (C=O) groups is 2. The lowest BCUT2D eigenvalue weighted by molar-refractivity contribution is -0.133. The standard InChI is InChI=1S/C49H53ClF3N11O4S.ClH/c1-5-33-22-37(40(66)24-39(33)65)44-57-59-46(47(68)54-27-49(51,52)53)64(44)36-12-6-31(7-13-36)25-60-18-20-61(21-19-60)26-32-14-16-62(17-15-32)41(67)23-38-45-58-56-30(4)63(45)48-42(28(2)29(3)69-48)43(55-38)34-8-10-35(50)11-9-34;/h6-13,22,24,32,38,65-66H,5,14-21,23,25-27H2,1-4H3,(H,54,68);1H/t38-;/m0./s1. The summed E-state index contributed by atoms with van der Waals surface area (Å²) in [4.78, 5) is 40.5. The number of benzene rings is 3. The maximum absolute atomic E-state index is 14.1. The van der Waals surface area contributed by atoms with Gasteiger partial charge in [0.1, 0.15) is 34.9 Å². The number of likely N-dealkylation sites (tertiary alicyclic amines) is 1. The number of fused-ring (bicyclic) bond motifs is 3. The largest absolute Gasteiger partial charge is 0.508 e. The molecule has 2 amide bonds. The quantitative estimate of drug-likeness (QED) is 0.109. The van der Waals surface area contributed by atoms with E-state index < -0.39 is 24.7 Å². The Morgan fingerprint density at radius 1 is 0.857 bits per heavy atom. The minimum Gasteiger partial charge on any atom is -0.508 e. The number of aromatic hydroxyl groups is 2. The third-order valence-electron chi connectivity index (χ3n) is 13.4. The molecule has 3 aromatic carbocycles. The predicted molar refractivity (Wildman–Crippen MR) is 264 cm³/mol. The maximum Gasteiger partial charge on any atom is 0.405 e. The molecule has 0 spiro atoms. The van der Waals surface area contributed by atoms with Gasteiger partial charge in [-0.15, -0.1) is 44.1 Å². The van der Waals surface area contributed by atoms with Gasteiger partial charge >= 0.3 is 6.18 Å². The first-order valence-electron chi connectivity index (χ1n) is 23.1. The lowest BCUT2D eigenvalue weighted by atomic mass is 9.95. The highest BCUT2D eigenvalue weighted by Gasteiger charge is 2.35. The van der Waals surface area contributed by atoms with Gasteiger partial charge in [0.05, 0.1) is 17.7 Å². The highest BCUT2D eigenvalue weighted by atomic mass is 35.5. The maximum atomic E-state index is 14.1. The van der Waals surface area contributed by atoms with E-state index in [2.05, 4.69) is 48.6 Å². The number of hydrogen-bond donors (Lipinski definition) is 3. The molecule has 70 heavy (non-hydrogen) atoms. The molecule has 0 aliphatic carbocycles. The number of rotatable bonds is 12. The van der Waals surface area contributed by atoms with Gasteiger partial charge in [-0.2, -0.15) is 13.2 Å². The lowest BCUT2D eigenvalue weighted by Crippen LogP contribution is -2.48. The summed E-state index contributed by atoms with van der Waals surface area (Å²) in [5.41, 5.74) is 5.99. The van der Waals surface area contributed by atoms with E-state index >= 15 is 0 Å². The van der Waals surface area contributed by atoms with Crippen LogP contribution in [0.5, 0.6) is 11.5 Å². The zero-order valence-electron chi connectivity index (χ0n) is 39.1. The molecule has 2 fully saturated rings. The Labute approximate surface area is 418 Å². The highest BCUT2D eigenvalue weighted by molar-refractivity contribution is 7.15. The van der Waals surface area contributed by atoms with Crippen molar-refractivity contribution in [2.45, 2.75) is 72.1 Å². The number of amides is 2. The minimum absolute atomic E-state index is 0. The molecule has 3 N–H and O–H groups in total. The number of halogens is 5. The van der Waals surface area contributed by atoms with Crippen molar-refractivity contribution in [1.82, 2.24) is 49.5 Å². The van der Waals surface area contributed by atoms with Crippen LogP contribution in [0.3, 0.4) is 0 Å². The van der Waals surface area contributed by atoms with Gasteiger partial charge in [-0.05, 0) is 93.0 Å². The molecule has 0 radical (unpaired) electrons. The molecule has 0 unspecified atom stereocenters. The number of carbonyl (C=O) groups excluding carboxylic acids is 2. The molecular formula is C49H54Cl2F3N11O4S. The average molecular weight is 1020 g/mol. The monoisotopic (exact) mass is 1020 g/mol. The zero-order valence-corrected chi connectivity index (χ0v) is 41.5. The van der Waals surface area contributed by atoms with Gasteiger partial charge in [0.2, 0.25) is 11.7 Å². The summed E-state index contributed by atoms with van der Waals surface area (Å²) in [6, 6.07) is 17.1. The smallest absolute Gasteiger partial charge is 0.405 e. The molecule has 15 nitrogen and oxygen atoms in total. The SMILES string of the molecule is CCc1cc(-c2nnc(C(=O)NCC(F)(F)F)n2-c2ccc(CN3CCN(CC4CCN(C(=O)C[C@@H]5N=C(c6ccc(Cl)cc6)c6c(sc(C)c6C)-n6c(C)nnc65)CC4)CC3)cc2)c(O)cc1O.Cl. The van der Waals surface area contributed by atoms with Gasteiger partial charge in [-0.25, -0.2) is 0 Å². The second-order valence-corrected chi connectivity index (χ2v) is 19.6. The summed E-state index contributed by atoms with van der Waals surface area (Å²) >= 11 is 7.98. The number of phenolic OH excluding ortho intramolecular Hbond substituents is 2. The van der Waals surface area contributed by atoms with Gasteiger partial charge in [0.15, 0.2) is 11.6 Å². The Morgan fingerprint density at radius 2 is 1.54 bits per heavy atom. The van der Waals surface area contributed by atoms with E-state index in [4.69, 9.17) is 16.6 Å². The van der Waals surface area contributed by atoms with Crippen LogP contribution in [0, 0.1) is 26.7 Å². The second-order valence-electron chi connectivity index (χ2n) is 18.0. The van der Waals surface area contributed by atoms with Crippen LogP contribution in [0.2, 0.25) is 5.02 Å². The van der Waals surface area contributed by atoms with E-state index in [1.165, 1.54) is 15.5 Å². The average Bonchev–Trinajstić information content (AvgIpc) is 4.00. The number of nitrogens with one attached hydrogen (secondary N) is 1. The van der Waals surface area contributed by atoms with Crippen LogP contribution in [-0.2, 0) is 17.8 Å². The van der Waals surface area contributed by atoms with Crippen LogP contribution in [0.25, 0.3) is 22.1 Å². The fraction of sp³-hybridized carbons (Fsp3) is 0.408. The molecule has 3 aromatic heterocycles. The third kappa shape index (κ3) is 10.6. The number of aromatic nitrogens is 6. The minimum atomic E-state index is -4.64. The molecule has 9 rings (SSSR count). The van der Waals surface area contributed by atoms with Gasteiger partial charge in [0, 0.05) is 85.1 Å². The molecule has 1 atom stereocenters. The fourth-order valence-corrected chi connectivity index (χ4v) is 10.8. The number of aliphatic imine (C=N–C) groups is 1. The third-order valence-corrected chi connectivity index (χ3v) is 14.9. The number of phenols is 2. The predicted octanol–water partition coefficient (Wildman–Crippen LogP) is 8.18. The van der Waals surface area contributed by atoms with E-state index in [0.29, 0.717) is 54.1 Å². The molecular weight excluding hydrogens is 967 g/mol. The summed E-state index contributed by atoms with van der Waals surface area (Å²) in [6.45, 7) is 12.9. The van der Waals surface area contributed by atoms with Crippen LogP contribution < -0.4 is 5.32 Å². The number of piperidine rings is 1. The van der Waals surface area contributed by atoms with Crippen LogP contribution in [0.1, 0.15) is 87.2 Å². The number of hydrogen-bond acceptors (Lipinski definition) is 12. The van der Waals surface area contributed by atoms with Gasteiger partial charge in [0.25, 0.3) is 5.91 Å². The van der Waals surface area contributed by atoms with Crippen molar-refractivity contribution >= 4 is 52.9 Å². The Morgan fingerprint density at radius 3 is 2.21 bits per heavy atom. The molecule has 6 heterocycles. The molecule has 3 aliphatic heterocycles. The van der Waals surface area contributed by atoms with Gasteiger partial charge < -0.3 is 25.3 Å².